The van der Waals surface area contributed by atoms with Gasteiger partial charge in [-0.25, -0.2) is 4.79 Å². The van der Waals surface area contributed by atoms with Gasteiger partial charge in [0, 0.05) is 21.7 Å². The largest absolute Gasteiger partial charge is 0.387 e. The minimum Gasteiger partial charge on any atom is -0.387 e. The highest BCUT2D eigenvalue weighted by molar-refractivity contribution is 8.00. The van der Waals surface area contributed by atoms with Gasteiger partial charge in [-0.1, -0.05) is 15.9 Å². The molecule has 2 heterocycles. The second-order valence-electron chi connectivity index (χ2n) is 4.42. The molecule has 1 aliphatic rings. The van der Waals surface area contributed by atoms with Crippen molar-refractivity contribution < 1.29 is 14.4 Å². The van der Waals surface area contributed by atoms with E-state index in [9.17, 15) is 9.90 Å². The van der Waals surface area contributed by atoms with Gasteiger partial charge in [0.25, 0.3) is 0 Å². The quantitative estimate of drug-likeness (QED) is 0.778. The van der Waals surface area contributed by atoms with Gasteiger partial charge in [0.15, 0.2) is 6.23 Å². The lowest BCUT2D eigenvalue weighted by Crippen LogP contribution is -2.36. The first-order valence-corrected chi connectivity index (χ1v) is 9.05. The van der Waals surface area contributed by atoms with E-state index in [0.29, 0.717) is 12.2 Å². The van der Waals surface area contributed by atoms with Gasteiger partial charge in [-0.3, -0.25) is 4.57 Å². The minimum absolute atomic E-state index is 0.123. The zero-order valence-corrected chi connectivity index (χ0v) is 13.5. The van der Waals surface area contributed by atoms with Gasteiger partial charge in [-0.05, 0) is 12.5 Å². The Kier molecular flexibility index (Phi) is 5.47. The molecule has 1 aliphatic heterocycles. The van der Waals surface area contributed by atoms with Crippen LogP contribution in [0.2, 0.25) is 0 Å². The van der Waals surface area contributed by atoms with Crippen molar-refractivity contribution in [3.05, 3.63) is 22.7 Å². The summed E-state index contributed by atoms with van der Waals surface area (Å²) in [4.78, 5) is 15.9. The summed E-state index contributed by atoms with van der Waals surface area (Å²) in [5, 5.41) is 13.0. The molecule has 7 nitrogen and oxygen atoms in total. The van der Waals surface area contributed by atoms with E-state index < -0.39 is 24.1 Å². The van der Waals surface area contributed by atoms with E-state index in [1.165, 1.54) is 4.57 Å². The van der Waals surface area contributed by atoms with Gasteiger partial charge in [0.05, 0.1) is 6.10 Å². The maximum atomic E-state index is 12.0. The highest BCUT2D eigenvalue weighted by Gasteiger charge is 2.45. The van der Waals surface area contributed by atoms with Crippen LogP contribution in [0.4, 0.5) is 5.82 Å². The molecule has 3 unspecified atom stereocenters. The van der Waals surface area contributed by atoms with E-state index in [1.54, 1.807) is 19.3 Å². The van der Waals surface area contributed by atoms with Crippen molar-refractivity contribution in [2.24, 2.45) is 0 Å². The average Bonchev–Trinajstić information content (AvgIpc) is 2.76. The molecule has 2 rings (SSSR count). The number of anilines is 1. The summed E-state index contributed by atoms with van der Waals surface area (Å²) in [5.74, 6) is 0.488. The fourth-order valence-corrected chi connectivity index (χ4v) is 3.12. The number of aliphatic hydroxyl groups is 1. The lowest BCUT2D eigenvalue weighted by atomic mass is 10.1. The molecule has 20 heavy (non-hydrogen) atoms. The maximum absolute atomic E-state index is 12.0. The zero-order valence-electron chi connectivity index (χ0n) is 11.3. The van der Waals surface area contributed by atoms with Crippen LogP contribution in [0.5, 0.6) is 0 Å². The third kappa shape index (κ3) is 3.02. The SMILES string of the molecule is CC[C@H]1O[C@@H](n2ccc(NC)nc2=O)C(OPP)[C@H]1O. The molecule has 0 aromatic carbocycles. The van der Waals surface area contributed by atoms with Crippen LogP contribution in [0.15, 0.2) is 17.1 Å². The highest BCUT2D eigenvalue weighted by atomic mass is 32.0. The van der Waals surface area contributed by atoms with Crippen LogP contribution < -0.4 is 11.0 Å². The lowest BCUT2D eigenvalue weighted by Gasteiger charge is -2.21. The van der Waals surface area contributed by atoms with Gasteiger partial charge >= 0.3 is 5.69 Å². The van der Waals surface area contributed by atoms with E-state index >= 15 is 0 Å². The van der Waals surface area contributed by atoms with E-state index in [-0.39, 0.29) is 14.6 Å². The third-order valence-electron chi connectivity index (χ3n) is 3.28. The molecule has 6 atom stereocenters. The first kappa shape index (κ1) is 15.8. The molecule has 0 amide bonds. The van der Waals surface area contributed by atoms with Gasteiger partial charge in [0.1, 0.15) is 18.0 Å². The van der Waals surface area contributed by atoms with Crippen molar-refractivity contribution >= 4 is 23.2 Å². The van der Waals surface area contributed by atoms with Crippen molar-refractivity contribution in [3.8, 4) is 0 Å². The Bertz CT molecular complexity index is 513. The van der Waals surface area contributed by atoms with E-state index in [1.807, 2.05) is 6.92 Å². The number of hydrogen-bond acceptors (Lipinski definition) is 6. The standard InChI is InChI=1S/C11H19N3O4P2/c1-3-6-8(15)9(18-20-19)10(17-6)14-5-4-7(12-2)13-11(14)16/h4-6,8-10,15,20H,3,19H2,1-2H3,(H,12,13,16)/t6-,8+,9?,10-/m1/s1. The van der Waals surface area contributed by atoms with Crippen LogP contribution >= 0.6 is 17.4 Å². The Hall–Kier alpha value is -0.580. The summed E-state index contributed by atoms with van der Waals surface area (Å²) in [6.45, 7) is 1.92. The summed E-state index contributed by atoms with van der Waals surface area (Å²) >= 11 is 0. The molecule has 0 radical (unpaired) electrons. The number of rotatable bonds is 5. The molecule has 0 saturated carbocycles. The molecule has 1 aromatic heterocycles. The Morgan fingerprint density at radius 1 is 1.70 bits per heavy atom. The van der Waals surface area contributed by atoms with Crippen LogP contribution in [-0.4, -0.2) is 40.0 Å². The molecular formula is C11H19N3O4P2. The number of nitrogens with one attached hydrogen (secondary N) is 1. The summed E-state index contributed by atoms with van der Waals surface area (Å²) in [5.41, 5.74) is -0.438. The zero-order chi connectivity index (χ0) is 14.7. The molecule has 1 aromatic rings. The van der Waals surface area contributed by atoms with Crippen molar-refractivity contribution in [3.63, 3.8) is 0 Å². The Morgan fingerprint density at radius 2 is 2.45 bits per heavy atom. The van der Waals surface area contributed by atoms with Gasteiger partial charge in [0.2, 0.25) is 0 Å². The second-order valence-corrected chi connectivity index (χ2v) is 5.60. The Morgan fingerprint density at radius 3 is 3.00 bits per heavy atom. The maximum Gasteiger partial charge on any atom is 0.351 e. The lowest BCUT2D eigenvalue weighted by molar-refractivity contribution is -0.0326. The van der Waals surface area contributed by atoms with Crippen LogP contribution in [0.1, 0.15) is 19.6 Å². The van der Waals surface area contributed by atoms with E-state index in [2.05, 4.69) is 19.2 Å². The molecule has 1 fully saturated rings. The van der Waals surface area contributed by atoms with Crippen molar-refractivity contribution in [2.45, 2.75) is 37.9 Å². The molecule has 1 saturated heterocycles. The molecule has 0 spiro atoms. The monoisotopic (exact) mass is 319 g/mol. The van der Waals surface area contributed by atoms with Crippen molar-refractivity contribution in [1.29, 1.82) is 0 Å². The summed E-state index contributed by atoms with van der Waals surface area (Å²) in [6, 6.07) is 1.68. The molecule has 2 N–H and O–H groups in total. The smallest absolute Gasteiger partial charge is 0.351 e. The van der Waals surface area contributed by atoms with Crippen molar-refractivity contribution in [2.75, 3.05) is 12.4 Å². The number of aromatic nitrogens is 2. The number of hydrogen-bond donors (Lipinski definition) is 2. The predicted octanol–water partition coefficient (Wildman–Crippen LogP) is 0.722. The second kappa shape index (κ2) is 6.92. The summed E-state index contributed by atoms with van der Waals surface area (Å²) in [7, 11) is 4.27. The Balaban J connectivity index is 2.32. The fraction of sp³-hybridized carbons (Fsp3) is 0.636. The van der Waals surface area contributed by atoms with Gasteiger partial charge in [-0.2, -0.15) is 4.98 Å². The van der Waals surface area contributed by atoms with Gasteiger partial charge in [-0.15, -0.1) is 0 Å². The molecule has 0 bridgehead atoms. The molecule has 112 valence electrons. The van der Waals surface area contributed by atoms with Crippen LogP contribution in [0.25, 0.3) is 0 Å². The van der Waals surface area contributed by atoms with E-state index in [4.69, 9.17) is 9.26 Å². The first-order chi connectivity index (χ1) is 9.62. The van der Waals surface area contributed by atoms with Gasteiger partial charge < -0.3 is 19.7 Å². The average molecular weight is 319 g/mol. The predicted molar refractivity (Wildman–Crippen MR) is 81.1 cm³/mol. The minimum atomic E-state index is -0.756. The number of ether oxygens (including phenoxy) is 1. The summed E-state index contributed by atoms with van der Waals surface area (Å²) in [6.07, 6.45) is -0.0894. The van der Waals surface area contributed by atoms with Crippen LogP contribution in [-0.2, 0) is 9.26 Å². The topological polar surface area (TPSA) is 85.6 Å². The first-order valence-electron chi connectivity index (χ1n) is 6.34. The van der Waals surface area contributed by atoms with Crippen molar-refractivity contribution in [1.82, 2.24) is 9.55 Å². The Labute approximate surface area is 121 Å². The van der Waals surface area contributed by atoms with Crippen LogP contribution in [0.3, 0.4) is 0 Å². The number of nitrogens with zero attached hydrogens (tertiary/aromatic N) is 2. The number of aliphatic hydroxyl groups excluding tert-OH is 1. The van der Waals surface area contributed by atoms with Crippen LogP contribution in [0, 0.1) is 0 Å². The highest BCUT2D eigenvalue weighted by Crippen LogP contribution is 2.38. The molecular weight excluding hydrogens is 300 g/mol. The normalized spacial score (nSPS) is 30.2. The third-order valence-corrected chi connectivity index (χ3v) is 4.10. The molecule has 0 aliphatic carbocycles. The molecule has 9 heteroatoms. The fourth-order valence-electron chi connectivity index (χ4n) is 2.23. The van der Waals surface area contributed by atoms with E-state index in [0.717, 1.165) is 0 Å². The summed E-state index contributed by atoms with van der Waals surface area (Å²) < 4.78 is 12.6.